The molecule has 0 amide bonds. The molecule has 1 N–H and O–H groups in total. The number of hydrogen-bond donors (Lipinski definition) is 1. The number of anilines is 1. The van der Waals surface area contributed by atoms with Crippen LogP contribution in [0.3, 0.4) is 0 Å². The molecule has 1 aliphatic rings. The zero-order valence-corrected chi connectivity index (χ0v) is 9.39. The molecule has 0 aliphatic carbocycles. The average molecular weight is 242 g/mol. The summed E-state index contributed by atoms with van der Waals surface area (Å²) in [6.45, 7) is 1.27. The first-order valence-electron chi connectivity index (χ1n) is 5.12. The summed E-state index contributed by atoms with van der Waals surface area (Å²) in [5, 5.41) is 9.44. The molecule has 86 valence electrons. The molecule has 1 aliphatic heterocycles. The Bertz CT molecular complexity index is 382. The summed E-state index contributed by atoms with van der Waals surface area (Å²) in [5.41, 5.74) is 0. The largest absolute Gasteiger partial charge is 0.481 e. The third kappa shape index (κ3) is 2.41. The first-order chi connectivity index (χ1) is 7.66. The Balaban J connectivity index is 2.09. The van der Waals surface area contributed by atoms with Crippen molar-refractivity contribution < 1.29 is 9.90 Å². The lowest BCUT2D eigenvalue weighted by Crippen LogP contribution is -2.39. The summed E-state index contributed by atoms with van der Waals surface area (Å²) in [4.78, 5) is 21.0. The zero-order valence-electron chi connectivity index (χ0n) is 8.64. The van der Waals surface area contributed by atoms with Crippen molar-refractivity contribution >= 4 is 23.5 Å². The van der Waals surface area contributed by atoms with E-state index < -0.39 is 5.97 Å². The molecule has 1 fully saturated rings. The molecule has 1 atom stereocenters. The van der Waals surface area contributed by atoms with Gasteiger partial charge < -0.3 is 10.0 Å². The van der Waals surface area contributed by atoms with Crippen LogP contribution in [0.15, 0.2) is 12.4 Å². The van der Waals surface area contributed by atoms with E-state index in [-0.39, 0.29) is 5.92 Å². The molecule has 5 nitrogen and oxygen atoms in total. The summed E-state index contributed by atoms with van der Waals surface area (Å²) in [7, 11) is 0. The van der Waals surface area contributed by atoms with Gasteiger partial charge in [0.2, 0.25) is 5.95 Å². The van der Waals surface area contributed by atoms with Crippen molar-refractivity contribution in [3.05, 3.63) is 17.4 Å². The normalized spacial score (nSPS) is 20.8. The standard InChI is InChI=1S/C10H12ClN3O2/c11-8-4-12-10(13-5-8)14-3-1-2-7(6-14)9(15)16/h4-5,7H,1-3,6H2,(H,15,16)/t7-/m1/s1. The minimum absolute atomic E-state index is 0.326. The molecule has 0 saturated carbocycles. The number of nitrogens with zero attached hydrogens (tertiary/aromatic N) is 3. The lowest BCUT2D eigenvalue weighted by atomic mass is 9.99. The second kappa shape index (κ2) is 4.65. The highest BCUT2D eigenvalue weighted by molar-refractivity contribution is 6.30. The van der Waals surface area contributed by atoms with Crippen LogP contribution in [0.5, 0.6) is 0 Å². The lowest BCUT2D eigenvalue weighted by Gasteiger charge is -2.30. The molecule has 0 bridgehead atoms. The van der Waals surface area contributed by atoms with Crippen LogP contribution >= 0.6 is 11.6 Å². The number of rotatable bonds is 2. The van der Waals surface area contributed by atoms with E-state index in [9.17, 15) is 4.79 Å². The van der Waals surface area contributed by atoms with Gasteiger partial charge in [-0.2, -0.15) is 0 Å². The van der Waals surface area contributed by atoms with Crippen molar-refractivity contribution in [1.82, 2.24) is 9.97 Å². The van der Waals surface area contributed by atoms with E-state index in [4.69, 9.17) is 16.7 Å². The summed E-state index contributed by atoms with van der Waals surface area (Å²) >= 11 is 5.69. The zero-order chi connectivity index (χ0) is 11.5. The predicted molar refractivity (Wildman–Crippen MR) is 59.6 cm³/mol. The van der Waals surface area contributed by atoms with Crippen LogP contribution < -0.4 is 4.90 Å². The van der Waals surface area contributed by atoms with Crippen molar-refractivity contribution in [1.29, 1.82) is 0 Å². The fourth-order valence-electron chi connectivity index (χ4n) is 1.83. The molecule has 16 heavy (non-hydrogen) atoms. The maximum Gasteiger partial charge on any atom is 0.308 e. The number of hydrogen-bond acceptors (Lipinski definition) is 4. The first-order valence-corrected chi connectivity index (χ1v) is 5.50. The van der Waals surface area contributed by atoms with Gasteiger partial charge in [0.1, 0.15) is 0 Å². The predicted octanol–water partition coefficient (Wildman–Crippen LogP) is 1.43. The van der Waals surface area contributed by atoms with Crippen molar-refractivity contribution in [2.45, 2.75) is 12.8 Å². The molecule has 0 spiro atoms. The van der Waals surface area contributed by atoms with E-state index in [0.717, 1.165) is 19.4 Å². The molecule has 1 saturated heterocycles. The van der Waals surface area contributed by atoms with Crippen LogP contribution in [0, 0.1) is 5.92 Å². The van der Waals surface area contributed by atoms with Crippen LogP contribution in [-0.4, -0.2) is 34.1 Å². The fourth-order valence-corrected chi connectivity index (χ4v) is 1.93. The van der Waals surface area contributed by atoms with Crippen molar-refractivity contribution in [3.63, 3.8) is 0 Å². The Morgan fingerprint density at radius 2 is 2.19 bits per heavy atom. The molecule has 0 unspecified atom stereocenters. The van der Waals surface area contributed by atoms with E-state index in [1.54, 1.807) is 0 Å². The van der Waals surface area contributed by atoms with Crippen LogP contribution in [0.1, 0.15) is 12.8 Å². The van der Waals surface area contributed by atoms with Gasteiger partial charge in [0.25, 0.3) is 0 Å². The van der Waals surface area contributed by atoms with Crippen LogP contribution in [0.4, 0.5) is 5.95 Å². The molecule has 0 aromatic carbocycles. The van der Waals surface area contributed by atoms with Gasteiger partial charge in [-0.05, 0) is 12.8 Å². The molecular formula is C10H12ClN3O2. The highest BCUT2D eigenvalue weighted by Crippen LogP contribution is 2.20. The van der Waals surface area contributed by atoms with Crippen LogP contribution in [-0.2, 0) is 4.79 Å². The van der Waals surface area contributed by atoms with E-state index >= 15 is 0 Å². The summed E-state index contributed by atoms with van der Waals surface area (Å²) in [5.74, 6) is -0.526. The third-order valence-corrected chi connectivity index (χ3v) is 2.86. The molecule has 6 heteroatoms. The average Bonchev–Trinajstić information content (AvgIpc) is 2.30. The molecule has 2 rings (SSSR count). The van der Waals surface area contributed by atoms with Gasteiger partial charge in [-0.1, -0.05) is 11.6 Å². The van der Waals surface area contributed by atoms with E-state index in [2.05, 4.69) is 9.97 Å². The number of aliphatic carboxylic acids is 1. The Morgan fingerprint density at radius 1 is 1.50 bits per heavy atom. The van der Waals surface area contributed by atoms with Gasteiger partial charge >= 0.3 is 5.97 Å². The minimum atomic E-state index is -0.751. The Morgan fingerprint density at radius 3 is 2.81 bits per heavy atom. The quantitative estimate of drug-likeness (QED) is 0.849. The van der Waals surface area contributed by atoms with Gasteiger partial charge in [0.05, 0.1) is 23.3 Å². The van der Waals surface area contributed by atoms with Gasteiger partial charge in [0, 0.05) is 13.1 Å². The SMILES string of the molecule is O=C(O)[C@@H]1CCCN(c2ncc(Cl)cn2)C1. The smallest absolute Gasteiger partial charge is 0.308 e. The number of carboxylic acid groups (broad SMARTS) is 1. The Labute approximate surface area is 98.1 Å². The highest BCUT2D eigenvalue weighted by atomic mass is 35.5. The number of aromatic nitrogens is 2. The van der Waals surface area contributed by atoms with Crippen molar-refractivity contribution in [3.8, 4) is 0 Å². The lowest BCUT2D eigenvalue weighted by molar-refractivity contribution is -0.141. The number of halogens is 1. The number of carboxylic acids is 1. The second-order valence-corrected chi connectivity index (χ2v) is 4.26. The molecule has 1 aromatic heterocycles. The molecule has 0 radical (unpaired) electrons. The Hall–Kier alpha value is -1.36. The summed E-state index contributed by atoms with van der Waals surface area (Å²) < 4.78 is 0. The minimum Gasteiger partial charge on any atom is -0.481 e. The van der Waals surface area contributed by atoms with E-state index in [1.807, 2.05) is 4.90 Å². The van der Waals surface area contributed by atoms with E-state index in [1.165, 1.54) is 12.4 Å². The van der Waals surface area contributed by atoms with Gasteiger partial charge in [-0.15, -0.1) is 0 Å². The number of piperidine rings is 1. The first kappa shape index (κ1) is 11.1. The van der Waals surface area contributed by atoms with Gasteiger partial charge in [-0.3, -0.25) is 4.79 Å². The van der Waals surface area contributed by atoms with Crippen molar-refractivity contribution in [2.75, 3.05) is 18.0 Å². The van der Waals surface area contributed by atoms with Crippen LogP contribution in [0.25, 0.3) is 0 Å². The third-order valence-electron chi connectivity index (χ3n) is 2.66. The number of carbonyl (C=O) groups is 1. The Kier molecular flexibility index (Phi) is 3.24. The van der Waals surface area contributed by atoms with Gasteiger partial charge in [0.15, 0.2) is 0 Å². The topological polar surface area (TPSA) is 66.3 Å². The monoisotopic (exact) mass is 241 g/mol. The maximum absolute atomic E-state index is 10.9. The van der Waals surface area contributed by atoms with Crippen molar-refractivity contribution in [2.24, 2.45) is 5.92 Å². The van der Waals surface area contributed by atoms with Crippen LogP contribution in [0.2, 0.25) is 5.02 Å². The highest BCUT2D eigenvalue weighted by Gasteiger charge is 2.26. The second-order valence-electron chi connectivity index (χ2n) is 3.82. The molecular weight excluding hydrogens is 230 g/mol. The van der Waals surface area contributed by atoms with Gasteiger partial charge in [-0.25, -0.2) is 9.97 Å². The fraction of sp³-hybridized carbons (Fsp3) is 0.500. The summed E-state index contributed by atoms with van der Waals surface area (Å²) in [6, 6.07) is 0. The maximum atomic E-state index is 10.9. The van der Waals surface area contributed by atoms with E-state index in [0.29, 0.717) is 17.5 Å². The molecule has 1 aromatic rings. The molecule has 2 heterocycles. The summed E-state index contributed by atoms with van der Waals surface area (Å²) in [6.07, 6.45) is 4.62.